The number of allylic oxidation sites excluding steroid dienone is 2. The highest BCUT2D eigenvalue weighted by Gasteiger charge is 2.38. The molecule has 0 aliphatic rings. The molecule has 0 aromatic heterocycles. The minimum Gasteiger partial charge on any atom is -0.250 e. The third-order valence-electron chi connectivity index (χ3n) is 2.28. The van der Waals surface area contributed by atoms with Crippen molar-refractivity contribution in [3.05, 3.63) is 12.2 Å². The van der Waals surface area contributed by atoms with Gasteiger partial charge in [-0.05, 0) is 12.8 Å². The summed E-state index contributed by atoms with van der Waals surface area (Å²) in [5, 5.41) is 0. The van der Waals surface area contributed by atoms with Crippen molar-refractivity contribution in [2.45, 2.75) is 32.1 Å². The van der Waals surface area contributed by atoms with Crippen molar-refractivity contribution in [2.24, 2.45) is 11.8 Å². The lowest BCUT2D eigenvalue weighted by Gasteiger charge is -2.15. The highest BCUT2D eigenvalue weighted by atomic mass is 19.4. The van der Waals surface area contributed by atoms with E-state index in [2.05, 4.69) is 0 Å². The summed E-state index contributed by atoms with van der Waals surface area (Å²) in [4.78, 5) is 0. The summed E-state index contributed by atoms with van der Waals surface area (Å²) in [6.07, 6.45) is -8.11. The number of hydrogen-bond acceptors (Lipinski definition) is 0. The van der Waals surface area contributed by atoms with Crippen molar-refractivity contribution in [1.29, 1.82) is 0 Å². The molecule has 0 aromatic carbocycles. The normalized spacial score (nSPS) is 17.4. The molecule has 0 rings (SSSR count). The van der Waals surface area contributed by atoms with Crippen LogP contribution in [-0.2, 0) is 0 Å². The van der Waals surface area contributed by atoms with E-state index in [4.69, 9.17) is 0 Å². The highest BCUT2D eigenvalue weighted by Crippen LogP contribution is 2.31. The van der Waals surface area contributed by atoms with Crippen LogP contribution < -0.4 is 0 Å². The van der Waals surface area contributed by atoms with Crippen molar-refractivity contribution < 1.29 is 30.7 Å². The van der Waals surface area contributed by atoms with Gasteiger partial charge < -0.3 is 0 Å². The second-order valence-corrected chi connectivity index (χ2v) is 3.78. The van der Waals surface area contributed by atoms with Gasteiger partial charge in [0.25, 0.3) is 0 Å². The second-order valence-electron chi connectivity index (χ2n) is 3.78. The molecule has 0 saturated carbocycles. The molecule has 0 bridgehead atoms. The van der Waals surface area contributed by atoms with Gasteiger partial charge in [0, 0.05) is 0 Å². The number of halogens is 7. The van der Waals surface area contributed by atoms with Gasteiger partial charge in [0.2, 0.25) is 0 Å². The van der Waals surface area contributed by atoms with Crippen LogP contribution in [0, 0.1) is 11.8 Å². The van der Waals surface area contributed by atoms with E-state index < -0.39 is 43.7 Å². The van der Waals surface area contributed by atoms with Gasteiger partial charge in [-0.15, -0.1) is 0 Å². The Bertz CT molecular complexity index is 238. The Balaban J connectivity index is 4.12. The monoisotopic (exact) mass is 266 g/mol. The summed E-state index contributed by atoms with van der Waals surface area (Å²) in [5.41, 5.74) is 0. The van der Waals surface area contributed by atoms with Crippen molar-refractivity contribution in [3.8, 4) is 0 Å². The zero-order valence-electron chi connectivity index (χ0n) is 9.08. The highest BCUT2D eigenvalue weighted by molar-refractivity contribution is 4.88. The first-order valence-electron chi connectivity index (χ1n) is 4.93. The third-order valence-corrected chi connectivity index (χ3v) is 2.28. The molecule has 0 aromatic rings. The molecule has 2 unspecified atom stereocenters. The average Bonchev–Trinajstić information content (AvgIpc) is 2.13. The van der Waals surface area contributed by atoms with E-state index in [1.807, 2.05) is 0 Å². The SMILES string of the molecule is CC(CC=CCC(CF)C(F)(F)F)C(F)(F)F. The van der Waals surface area contributed by atoms with Gasteiger partial charge in [0.1, 0.15) is 6.67 Å². The summed E-state index contributed by atoms with van der Waals surface area (Å²) in [6, 6.07) is 0. The lowest BCUT2D eigenvalue weighted by Crippen LogP contribution is -2.24. The van der Waals surface area contributed by atoms with E-state index in [1.54, 1.807) is 0 Å². The van der Waals surface area contributed by atoms with Gasteiger partial charge in [-0.3, -0.25) is 4.39 Å². The maximum absolute atomic E-state index is 12.0. The summed E-state index contributed by atoms with van der Waals surface area (Å²) in [5.74, 6) is -3.76. The van der Waals surface area contributed by atoms with Crippen LogP contribution in [-0.4, -0.2) is 19.0 Å². The zero-order chi connectivity index (χ0) is 13.7. The lowest BCUT2D eigenvalue weighted by molar-refractivity contribution is -0.177. The van der Waals surface area contributed by atoms with Gasteiger partial charge >= 0.3 is 12.4 Å². The first-order chi connectivity index (χ1) is 7.59. The Morgan fingerprint density at radius 3 is 1.71 bits per heavy atom. The standard InChI is InChI=1S/C10H13F7/c1-7(9(12,13)14)4-2-3-5-8(6-11)10(15,16)17/h2-3,7-8H,4-6H2,1H3. The predicted octanol–water partition coefficient (Wildman–Crippen LogP) is 4.67. The van der Waals surface area contributed by atoms with E-state index in [0.717, 1.165) is 19.1 Å². The van der Waals surface area contributed by atoms with E-state index in [0.29, 0.717) is 0 Å². The van der Waals surface area contributed by atoms with E-state index in [1.165, 1.54) is 0 Å². The van der Waals surface area contributed by atoms with E-state index in [-0.39, 0.29) is 0 Å². The van der Waals surface area contributed by atoms with Crippen LogP contribution in [0.1, 0.15) is 19.8 Å². The minimum atomic E-state index is -4.66. The largest absolute Gasteiger partial charge is 0.394 e. The average molecular weight is 266 g/mol. The zero-order valence-corrected chi connectivity index (χ0v) is 9.08. The smallest absolute Gasteiger partial charge is 0.250 e. The van der Waals surface area contributed by atoms with Gasteiger partial charge in [-0.2, -0.15) is 26.3 Å². The molecule has 0 aliphatic heterocycles. The predicted molar refractivity (Wildman–Crippen MR) is 49.1 cm³/mol. The van der Waals surface area contributed by atoms with Crippen LogP contribution in [0.5, 0.6) is 0 Å². The van der Waals surface area contributed by atoms with Crippen LogP contribution in [0.3, 0.4) is 0 Å². The molecule has 102 valence electrons. The molecule has 0 aliphatic carbocycles. The summed E-state index contributed by atoms with van der Waals surface area (Å²) in [7, 11) is 0. The third kappa shape index (κ3) is 6.53. The molecule has 0 N–H and O–H groups in total. The Kier molecular flexibility index (Phi) is 5.98. The molecule has 7 heteroatoms. The van der Waals surface area contributed by atoms with Crippen molar-refractivity contribution in [2.75, 3.05) is 6.67 Å². The molecule has 0 fully saturated rings. The molecule has 0 amide bonds. The van der Waals surface area contributed by atoms with Crippen LogP contribution in [0.4, 0.5) is 30.7 Å². The summed E-state index contributed by atoms with van der Waals surface area (Å²) >= 11 is 0. The van der Waals surface area contributed by atoms with Gasteiger partial charge in [0.15, 0.2) is 0 Å². The second kappa shape index (κ2) is 6.26. The van der Waals surface area contributed by atoms with Crippen LogP contribution in [0.25, 0.3) is 0 Å². The number of hydrogen-bond donors (Lipinski definition) is 0. The Morgan fingerprint density at radius 2 is 1.35 bits per heavy atom. The van der Waals surface area contributed by atoms with Crippen molar-refractivity contribution in [1.82, 2.24) is 0 Å². The van der Waals surface area contributed by atoms with Gasteiger partial charge in [-0.1, -0.05) is 19.1 Å². The minimum absolute atomic E-state index is 0.402. The van der Waals surface area contributed by atoms with Crippen LogP contribution >= 0.6 is 0 Å². The fourth-order valence-corrected chi connectivity index (χ4v) is 0.979. The molecule has 17 heavy (non-hydrogen) atoms. The molecular weight excluding hydrogens is 253 g/mol. The fourth-order valence-electron chi connectivity index (χ4n) is 0.979. The van der Waals surface area contributed by atoms with Crippen molar-refractivity contribution in [3.63, 3.8) is 0 Å². The Hall–Kier alpha value is -0.750. The summed E-state index contributed by atoms with van der Waals surface area (Å²) < 4.78 is 84.2. The molecule has 0 saturated heterocycles. The van der Waals surface area contributed by atoms with Gasteiger partial charge in [0.05, 0.1) is 11.8 Å². The first kappa shape index (κ1) is 16.2. The van der Waals surface area contributed by atoms with Crippen molar-refractivity contribution >= 4 is 0 Å². The fraction of sp³-hybridized carbons (Fsp3) is 0.800. The maximum Gasteiger partial charge on any atom is 0.394 e. The maximum atomic E-state index is 12.0. The Labute approximate surface area is 94.5 Å². The quantitative estimate of drug-likeness (QED) is 0.501. The number of rotatable bonds is 5. The van der Waals surface area contributed by atoms with Crippen LogP contribution in [0.15, 0.2) is 12.2 Å². The molecule has 0 spiro atoms. The van der Waals surface area contributed by atoms with E-state index >= 15 is 0 Å². The van der Waals surface area contributed by atoms with E-state index in [9.17, 15) is 30.7 Å². The van der Waals surface area contributed by atoms with Crippen LogP contribution in [0.2, 0.25) is 0 Å². The lowest BCUT2D eigenvalue weighted by atomic mass is 10.0. The molecule has 0 heterocycles. The molecule has 0 nitrogen and oxygen atoms in total. The number of alkyl halides is 7. The van der Waals surface area contributed by atoms with Gasteiger partial charge in [-0.25, -0.2) is 0 Å². The molecule has 0 radical (unpaired) electrons. The molecular formula is C10H13F7. The first-order valence-corrected chi connectivity index (χ1v) is 4.93. The Morgan fingerprint density at radius 1 is 0.882 bits per heavy atom. The summed E-state index contributed by atoms with van der Waals surface area (Å²) in [6.45, 7) is -0.636. The molecule has 2 atom stereocenters. The topological polar surface area (TPSA) is 0 Å².